The van der Waals surface area contributed by atoms with Crippen LogP contribution in [0.1, 0.15) is 43.7 Å². The number of halogens is 1. The van der Waals surface area contributed by atoms with E-state index in [1.165, 1.54) is 16.7 Å². The van der Waals surface area contributed by atoms with Gasteiger partial charge in [0.2, 0.25) is 0 Å². The number of unbranched alkanes of at least 4 members (excludes halogenated alkanes) is 2. The summed E-state index contributed by atoms with van der Waals surface area (Å²) < 4.78 is 12.9. The smallest absolute Gasteiger partial charge is 0.0973 e. The maximum absolute atomic E-state index is 12.9. The van der Waals surface area contributed by atoms with Crippen molar-refractivity contribution < 1.29 is 4.39 Å². The van der Waals surface area contributed by atoms with E-state index >= 15 is 0 Å². The van der Waals surface area contributed by atoms with E-state index in [4.69, 9.17) is 0 Å². The van der Waals surface area contributed by atoms with Gasteiger partial charge in [-0.05, 0) is 67.0 Å². The van der Waals surface area contributed by atoms with Gasteiger partial charge in [0.25, 0.3) is 0 Å². The number of benzene rings is 2. The molecule has 0 saturated heterocycles. The van der Waals surface area contributed by atoms with Crippen LogP contribution in [0.3, 0.4) is 0 Å². The van der Waals surface area contributed by atoms with Gasteiger partial charge >= 0.3 is 0 Å². The Bertz CT molecular complexity index is 902. The molecule has 0 aliphatic rings. The molecule has 0 amide bonds. The van der Waals surface area contributed by atoms with Gasteiger partial charge in [0.1, 0.15) is 0 Å². The quantitative estimate of drug-likeness (QED) is 0.321. The Morgan fingerprint density at radius 1 is 0.926 bits per heavy atom. The average molecular weight is 362 g/mol. The van der Waals surface area contributed by atoms with Gasteiger partial charge in [0.05, 0.1) is 17.2 Å². The molecular formula is C24H27FN2. The van der Waals surface area contributed by atoms with Crippen molar-refractivity contribution >= 4 is 11.0 Å². The maximum atomic E-state index is 12.9. The Morgan fingerprint density at radius 3 is 2.44 bits per heavy atom. The molecule has 140 valence electrons. The highest BCUT2D eigenvalue weighted by Crippen LogP contribution is 2.26. The molecule has 0 bridgehead atoms. The molecule has 3 aromatic rings. The monoisotopic (exact) mass is 362 g/mol. The zero-order valence-corrected chi connectivity index (χ0v) is 16.0. The van der Waals surface area contributed by atoms with E-state index in [0.29, 0.717) is 6.42 Å². The highest BCUT2D eigenvalue weighted by Gasteiger charge is 2.07. The summed E-state index contributed by atoms with van der Waals surface area (Å²) in [6, 6.07) is 12.9. The zero-order chi connectivity index (χ0) is 19.1. The van der Waals surface area contributed by atoms with Crippen LogP contribution < -0.4 is 0 Å². The lowest BCUT2D eigenvalue weighted by Crippen LogP contribution is -1.96. The summed E-state index contributed by atoms with van der Waals surface area (Å²) in [5, 5.41) is 0. The molecule has 1 heterocycles. The van der Waals surface area contributed by atoms with Gasteiger partial charge in [-0.1, -0.05) is 43.2 Å². The van der Waals surface area contributed by atoms with Crippen LogP contribution in [0, 0.1) is 0 Å². The molecule has 2 nitrogen and oxygen atoms in total. The van der Waals surface area contributed by atoms with Gasteiger partial charge in [-0.3, -0.25) is 9.97 Å². The molecule has 0 saturated carbocycles. The van der Waals surface area contributed by atoms with Crippen LogP contribution in [0.5, 0.6) is 0 Å². The average Bonchev–Trinajstić information content (AvgIpc) is 2.68. The minimum Gasteiger partial charge on any atom is -0.253 e. The Kier molecular flexibility index (Phi) is 6.69. The second-order valence-electron chi connectivity index (χ2n) is 7.12. The van der Waals surface area contributed by atoms with Crippen LogP contribution in [0.4, 0.5) is 4.39 Å². The molecule has 0 spiro atoms. The highest BCUT2D eigenvalue weighted by molar-refractivity contribution is 5.81. The maximum Gasteiger partial charge on any atom is 0.0973 e. The highest BCUT2D eigenvalue weighted by atomic mass is 19.1. The normalized spacial score (nSPS) is 12.2. The Balaban J connectivity index is 1.76. The number of alkyl halides is 1. The van der Waals surface area contributed by atoms with Crippen LogP contribution in [-0.2, 0) is 12.8 Å². The predicted octanol–water partition coefficient (Wildman–Crippen LogP) is 6.49. The molecule has 2 aromatic carbocycles. The molecule has 1 atom stereocenters. The minimum atomic E-state index is -0.688. The third kappa shape index (κ3) is 5.22. The SMILES string of the molecule is C=CCc1cc(-c2ccc3nccnc3c2)ccc1CCCCCC(C)F. The number of aromatic nitrogens is 2. The summed E-state index contributed by atoms with van der Waals surface area (Å²) in [4.78, 5) is 8.75. The van der Waals surface area contributed by atoms with E-state index in [-0.39, 0.29) is 0 Å². The van der Waals surface area contributed by atoms with E-state index < -0.39 is 6.17 Å². The first kappa shape index (κ1) is 19.2. The molecule has 1 unspecified atom stereocenters. The molecule has 0 aliphatic heterocycles. The van der Waals surface area contributed by atoms with Crippen LogP contribution in [0.15, 0.2) is 61.4 Å². The standard InChI is InChI=1S/C24H27FN2/c1-3-7-20-16-21(11-10-19(20)9-6-4-5-8-18(2)25)22-12-13-23-24(17-22)27-15-14-26-23/h3,10-18H,1,4-9H2,2H3. The van der Waals surface area contributed by atoms with Crippen molar-refractivity contribution in [2.75, 3.05) is 0 Å². The van der Waals surface area contributed by atoms with Gasteiger partial charge in [0.15, 0.2) is 0 Å². The fraction of sp³-hybridized carbons (Fsp3) is 0.333. The van der Waals surface area contributed by atoms with Gasteiger partial charge < -0.3 is 0 Å². The van der Waals surface area contributed by atoms with Gasteiger partial charge in [-0.2, -0.15) is 0 Å². The summed E-state index contributed by atoms with van der Waals surface area (Å²) in [6.45, 7) is 5.55. The summed E-state index contributed by atoms with van der Waals surface area (Å²) >= 11 is 0. The molecule has 3 heteroatoms. The van der Waals surface area contributed by atoms with Gasteiger partial charge in [0, 0.05) is 12.4 Å². The number of fused-ring (bicyclic) bond motifs is 1. The lowest BCUT2D eigenvalue weighted by atomic mass is 9.94. The topological polar surface area (TPSA) is 25.8 Å². The van der Waals surface area contributed by atoms with Crippen molar-refractivity contribution in [3.8, 4) is 11.1 Å². The Labute approximate surface area is 161 Å². The molecule has 0 radical (unpaired) electrons. The number of hydrogen-bond acceptors (Lipinski definition) is 2. The van der Waals surface area contributed by atoms with Crippen molar-refractivity contribution in [3.63, 3.8) is 0 Å². The molecular weight excluding hydrogens is 335 g/mol. The van der Waals surface area contributed by atoms with Crippen molar-refractivity contribution in [1.82, 2.24) is 9.97 Å². The first-order valence-corrected chi connectivity index (χ1v) is 9.75. The van der Waals surface area contributed by atoms with Crippen molar-refractivity contribution in [2.45, 2.75) is 51.6 Å². The summed E-state index contributed by atoms with van der Waals surface area (Å²) in [6.07, 6.45) is 10.4. The van der Waals surface area contributed by atoms with E-state index in [9.17, 15) is 4.39 Å². The second kappa shape index (κ2) is 9.40. The molecule has 0 aliphatic carbocycles. The van der Waals surface area contributed by atoms with Crippen LogP contribution in [-0.4, -0.2) is 16.1 Å². The Hall–Kier alpha value is -2.55. The molecule has 27 heavy (non-hydrogen) atoms. The predicted molar refractivity (Wildman–Crippen MR) is 112 cm³/mol. The number of allylic oxidation sites excluding steroid dienone is 1. The Morgan fingerprint density at radius 2 is 1.67 bits per heavy atom. The number of rotatable bonds is 9. The molecule has 1 aromatic heterocycles. The van der Waals surface area contributed by atoms with E-state index in [1.54, 1.807) is 19.3 Å². The van der Waals surface area contributed by atoms with Crippen molar-refractivity contribution in [1.29, 1.82) is 0 Å². The molecule has 3 rings (SSSR count). The third-order valence-corrected chi connectivity index (χ3v) is 4.92. The van der Waals surface area contributed by atoms with Gasteiger partial charge in [-0.15, -0.1) is 6.58 Å². The lowest BCUT2D eigenvalue weighted by Gasteiger charge is -2.12. The fourth-order valence-electron chi connectivity index (χ4n) is 3.46. The first-order valence-electron chi connectivity index (χ1n) is 9.75. The van der Waals surface area contributed by atoms with Crippen molar-refractivity contribution in [3.05, 3.63) is 72.6 Å². The summed E-state index contributed by atoms with van der Waals surface area (Å²) in [5.41, 5.74) is 6.84. The number of aryl methyl sites for hydroxylation is 1. The summed E-state index contributed by atoms with van der Waals surface area (Å²) in [5.74, 6) is 0. The van der Waals surface area contributed by atoms with E-state index in [0.717, 1.165) is 48.7 Å². The first-order chi connectivity index (χ1) is 13.2. The van der Waals surface area contributed by atoms with Crippen LogP contribution >= 0.6 is 0 Å². The van der Waals surface area contributed by atoms with E-state index in [1.807, 2.05) is 12.1 Å². The largest absolute Gasteiger partial charge is 0.253 e. The van der Waals surface area contributed by atoms with E-state index in [2.05, 4.69) is 46.9 Å². The summed E-state index contributed by atoms with van der Waals surface area (Å²) in [7, 11) is 0. The van der Waals surface area contributed by atoms with Crippen LogP contribution in [0.25, 0.3) is 22.2 Å². The van der Waals surface area contributed by atoms with Crippen molar-refractivity contribution in [2.24, 2.45) is 0 Å². The van der Waals surface area contributed by atoms with Crippen LogP contribution in [0.2, 0.25) is 0 Å². The third-order valence-electron chi connectivity index (χ3n) is 4.92. The molecule has 0 fully saturated rings. The fourth-order valence-corrected chi connectivity index (χ4v) is 3.46. The second-order valence-corrected chi connectivity index (χ2v) is 7.12. The van der Waals surface area contributed by atoms with Gasteiger partial charge in [-0.25, -0.2) is 4.39 Å². The number of nitrogens with zero attached hydrogens (tertiary/aromatic N) is 2. The molecule has 0 N–H and O–H groups in total. The lowest BCUT2D eigenvalue weighted by molar-refractivity contribution is 0.330. The number of hydrogen-bond donors (Lipinski definition) is 0. The zero-order valence-electron chi connectivity index (χ0n) is 16.0. The minimum absolute atomic E-state index is 0.670.